The summed E-state index contributed by atoms with van der Waals surface area (Å²) < 4.78 is 0. The first-order valence-electron chi connectivity index (χ1n) is 17.6. The van der Waals surface area contributed by atoms with Crippen molar-refractivity contribution in [3.63, 3.8) is 0 Å². The summed E-state index contributed by atoms with van der Waals surface area (Å²) in [5.74, 6) is 0. The molecule has 0 bridgehead atoms. The Morgan fingerprint density at radius 1 is 0.340 bits per heavy atom. The lowest BCUT2D eigenvalue weighted by molar-refractivity contribution is 1.11. The molecule has 0 aliphatic carbocycles. The molecule has 0 saturated heterocycles. The highest BCUT2D eigenvalue weighted by Crippen LogP contribution is 2.38. The Balaban J connectivity index is 1.15. The second-order valence-electron chi connectivity index (χ2n) is 12.4. The number of para-hydroxylation sites is 4. The van der Waals surface area contributed by atoms with Crippen LogP contribution < -0.4 is 9.80 Å². The number of hydrogen-bond donors (Lipinski definition) is 0. The van der Waals surface area contributed by atoms with Crippen molar-refractivity contribution in [3.8, 4) is 11.1 Å². The third-order valence-electron chi connectivity index (χ3n) is 9.21. The highest BCUT2D eigenvalue weighted by molar-refractivity contribution is 5.82. The second kappa shape index (κ2) is 15.4. The molecule has 0 saturated carbocycles. The van der Waals surface area contributed by atoms with Gasteiger partial charge in [-0.05, 0) is 119 Å². The Labute approximate surface area is 297 Å². The minimum atomic E-state index is 0.952. The molecule has 7 aromatic carbocycles. The fourth-order valence-electron chi connectivity index (χ4n) is 6.68. The summed E-state index contributed by atoms with van der Waals surface area (Å²) in [6, 6.07) is 64.9. The monoisotopic (exact) mass is 646 g/mol. The molecule has 0 spiro atoms. The average molecular weight is 647 g/mol. The largest absolute Gasteiger partial charge is 0.311 e. The van der Waals surface area contributed by atoms with E-state index in [9.17, 15) is 0 Å². The Morgan fingerprint density at radius 2 is 0.680 bits per heavy atom. The summed E-state index contributed by atoms with van der Waals surface area (Å²) in [6.45, 7) is 4.51. The Hall–Kier alpha value is -6.12. The molecule has 0 aromatic heterocycles. The van der Waals surface area contributed by atoms with Gasteiger partial charge in [0.15, 0.2) is 0 Å². The lowest BCUT2D eigenvalue weighted by Crippen LogP contribution is -2.10. The van der Waals surface area contributed by atoms with Crippen molar-refractivity contribution in [2.24, 2.45) is 0 Å². The van der Waals surface area contributed by atoms with Gasteiger partial charge in [-0.25, -0.2) is 0 Å². The van der Waals surface area contributed by atoms with Crippen molar-refractivity contribution in [2.75, 3.05) is 9.80 Å². The minimum absolute atomic E-state index is 0.952. The molecular formula is C48H42N2. The van der Waals surface area contributed by atoms with Crippen LogP contribution in [0.15, 0.2) is 182 Å². The van der Waals surface area contributed by atoms with E-state index >= 15 is 0 Å². The summed E-state index contributed by atoms with van der Waals surface area (Å²) in [5, 5.41) is 0. The van der Waals surface area contributed by atoms with E-state index in [1.807, 2.05) is 0 Å². The molecule has 50 heavy (non-hydrogen) atoms. The maximum Gasteiger partial charge on any atom is 0.0464 e. The van der Waals surface area contributed by atoms with Crippen LogP contribution in [0.25, 0.3) is 23.3 Å². The van der Waals surface area contributed by atoms with Gasteiger partial charge in [0.1, 0.15) is 0 Å². The Bertz CT molecular complexity index is 2080. The lowest BCUT2D eigenvalue weighted by atomic mass is 9.91. The Morgan fingerprint density at radius 3 is 1.14 bits per heavy atom. The van der Waals surface area contributed by atoms with Gasteiger partial charge in [-0.2, -0.15) is 0 Å². The maximum atomic E-state index is 2.36. The lowest BCUT2D eigenvalue weighted by Gasteiger charge is -2.26. The molecule has 0 radical (unpaired) electrons. The van der Waals surface area contributed by atoms with Crippen LogP contribution >= 0.6 is 0 Å². The van der Waals surface area contributed by atoms with E-state index in [4.69, 9.17) is 0 Å². The van der Waals surface area contributed by atoms with Crippen LogP contribution in [-0.2, 0) is 12.8 Å². The van der Waals surface area contributed by atoms with E-state index in [2.05, 4.69) is 218 Å². The zero-order valence-electron chi connectivity index (χ0n) is 28.8. The fourth-order valence-corrected chi connectivity index (χ4v) is 6.68. The number of hydrogen-bond acceptors (Lipinski definition) is 2. The van der Waals surface area contributed by atoms with Gasteiger partial charge in [-0.3, -0.25) is 0 Å². The van der Waals surface area contributed by atoms with Gasteiger partial charge in [0, 0.05) is 34.1 Å². The van der Waals surface area contributed by atoms with Gasteiger partial charge in [-0.1, -0.05) is 135 Å². The zero-order chi connectivity index (χ0) is 34.1. The van der Waals surface area contributed by atoms with Crippen LogP contribution in [0.5, 0.6) is 0 Å². The molecule has 0 N–H and O–H groups in total. The van der Waals surface area contributed by atoms with Gasteiger partial charge < -0.3 is 9.80 Å². The molecule has 7 rings (SSSR count). The normalized spacial score (nSPS) is 11.1. The quantitative estimate of drug-likeness (QED) is 0.129. The first kappa shape index (κ1) is 32.4. The van der Waals surface area contributed by atoms with Crippen molar-refractivity contribution in [1.82, 2.24) is 0 Å². The zero-order valence-corrected chi connectivity index (χ0v) is 28.8. The summed E-state index contributed by atoms with van der Waals surface area (Å²) in [5.41, 5.74) is 14.6. The van der Waals surface area contributed by atoms with Crippen molar-refractivity contribution < 1.29 is 0 Å². The van der Waals surface area contributed by atoms with E-state index < -0.39 is 0 Å². The SMILES string of the molecule is CCc1cc(/C=C/c2ccc(N(c3ccccc3)c3ccccc3)cc2)ccc1-c1ccc(N(c2ccccc2)c2ccccc2)cc1CC. The molecule has 0 fully saturated rings. The van der Waals surface area contributed by atoms with Crippen LogP contribution in [0.3, 0.4) is 0 Å². The third-order valence-corrected chi connectivity index (χ3v) is 9.21. The summed E-state index contributed by atoms with van der Waals surface area (Å²) in [6.07, 6.45) is 6.35. The molecule has 2 nitrogen and oxygen atoms in total. The molecule has 0 aliphatic heterocycles. The third kappa shape index (κ3) is 7.16. The van der Waals surface area contributed by atoms with Gasteiger partial charge >= 0.3 is 0 Å². The van der Waals surface area contributed by atoms with Gasteiger partial charge in [-0.15, -0.1) is 0 Å². The van der Waals surface area contributed by atoms with Crippen molar-refractivity contribution in [1.29, 1.82) is 0 Å². The van der Waals surface area contributed by atoms with Crippen LogP contribution in [-0.4, -0.2) is 0 Å². The van der Waals surface area contributed by atoms with E-state index in [-0.39, 0.29) is 0 Å². The fraction of sp³-hybridized carbons (Fsp3) is 0.0833. The number of benzene rings is 7. The average Bonchev–Trinajstić information content (AvgIpc) is 3.19. The topological polar surface area (TPSA) is 6.48 Å². The second-order valence-corrected chi connectivity index (χ2v) is 12.4. The van der Waals surface area contributed by atoms with Gasteiger partial charge in [0.2, 0.25) is 0 Å². The minimum Gasteiger partial charge on any atom is -0.311 e. The predicted octanol–water partition coefficient (Wildman–Crippen LogP) is 13.6. The number of anilines is 6. The van der Waals surface area contributed by atoms with Crippen LogP contribution in [0.1, 0.15) is 36.1 Å². The summed E-state index contributed by atoms with van der Waals surface area (Å²) in [7, 11) is 0. The summed E-state index contributed by atoms with van der Waals surface area (Å²) >= 11 is 0. The highest BCUT2D eigenvalue weighted by Gasteiger charge is 2.16. The smallest absolute Gasteiger partial charge is 0.0464 e. The maximum absolute atomic E-state index is 2.36. The Kier molecular flexibility index (Phi) is 9.99. The first-order chi connectivity index (χ1) is 24.7. The standard InChI is InChI=1S/C48H42N2/c1-3-39-35-38(26-25-37-27-30-45(31-28-37)49(41-17-9-5-10-18-41)42-19-11-6-12-20-42)29-33-47(39)48-34-32-46(36-40(48)4-2)50(43-21-13-7-14-22-43)44-23-15-8-16-24-44/h5-36H,3-4H2,1-2H3/b26-25+. The summed E-state index contributed by atoms with van der Waals surface area (Å²) in [4.78, 5) is 4.63. The molecule has 0 amide bonds. The van der Waals surface area contributed by atoms with E-state index in [1.165, 1.54) is 39.1 Å². The highest BCUT2D eigenvalue weighted by atomic mass is 15.1. The first-order valence-corrected chi connectivity index (χ1v) is 17.6. The molecule has 7 aromatic rings. The van der Waals surface area contributed by atoms with Gasteiger partial charge in [0.05, 0.1) is 0 Å². The number of aryl methyl sites for hydroxylation is 2. The number of nitrogens with zero attached hydrogens (tertiary/aromatic N) is 2. The molecule has 244 valence electrons. The van der Waals surface area contributed by atoms with Crippen LogP contribution in [0, 0.1) is 0 Å². The molecule has 0 aliphatic rings. The van der Waals surface area contributed by atoms with E-state index in [0.29, 0.717) is 0 Å². The molecule has 0 atom stereocenters. The van der Waals surface area contributed by atoms with Crippen molar-refractivity contribution in [3.05, 3.63) is 204 Å². The van der Waals surface area contributed by atoms with Crippen molar-refractivity contribution >= 4 is 46.3 Å². The molecule has 0 unspecified atom stereocenters. The van der Waals surface area contributed by atoms with Crippen LogP contribution in [0.2, 0.25) is 0 Å². The van der Waals surface area contributed by atoms with E-state index in [1.54, 1.807) is 0 Å². The number of rotatable bonds is 11. The predicted molar refractivity (Wildman–Crippen MR) is 215 cm³/mol. The van der Waals surface area contributed by atoms with Crippen molar-refractivity contribution in [2.45, 2.75) is 26.7 Å². The molecule has 0 heterocycles. The van der Waals surface area contributed by atoms with E-state index in [0.717, 1.165) is 41.3 Å². The molecular weight excluding hydrogens is 605 g/mol. The van der Waals surface area contributed by atoms with Gasteiger partial charge in [0.25, 0.3) is 0 Å². The molecule has 2 heteroatoms. The van der Waals surface area contributed by atoms with Crippen LogP contribution in [0.4, 0.5) is 34.1 Å².